The maximum Gasteiger partial charge on any atom is 0.413 e. The number of hydrogen-bond acceptors (Lipinski definition) is 5. The first-order valence-corrected chi connectivity index (χ1v) is 12.7. The molecule has 2 atom stereocenters. The number of carbonyl (C=O) groups is 2. The summed E-state index contributed by atoms with van der Waals surface area (Å²) in [7, 11) is 0. The average molecular weight is 493 g/mol. The number of rotatable bonds is 7. The van der Waals surface area contributed by atoms with E-state index < -0.39 is 34.9 Å². The molecule has 6 heteroatoms. The van der Waals surface area contributed by atoms with Crippen molar-refractivity contribution >= 4 is 17.6 Å². The fourth-order valence-electron chi connectivity index (χ4n) is 4.62. The maximum atomic E-state index is 13.7. The van der Waals surface area contributed by atoms with Crippen LogP contribution in [0.5, 0.6) is 0 Å². The third-order valence-electron chi connectivity index (χ3n) is 6.49. The molecule has 1 saturated heterocycles. The van der Waals surface area contributed by atoms with Crippen LogP contribution < -0.4 is 0 Å². The summed E-state index contributed by atoms with van der Waals surface area (Å²) >= 11 is 0. The highest BCUT2D eigenvalue weighted by atomic mass is 16.6. The van der Waals surface area contributed by atoms with Gasteiger partial charge in [-0.3, -0.25) is 14.7 Å². The second-order valence-corrected chi connectivity index (χ2v) is 11.5. The molecule has 1 fully saturated rings. The monoisotopic (exact) mass is 492 g/mol. The Morgan fingerprint density at radius 1 is 0.972 bits per heavy atom. The predicted octanol–water partition coefficient (Wildman–Crippen LogP) is 6.27. The first-order valence-electron chi connectivity index (χ1n) is 12.7. The van der Waals surface area contributed by atoms with Gasteiger partial charge < -0.3 is 9.47 Å². The highest BCUT2D eigenvalue weighted by Gasteiger charge is 2.51. The molecule has 194 valence electrons. The van der Waals surface area contributed by atoms with E-state index in [1.54, 1.807) is 4.90 Å². The van der Waals surface area contributed by atoms with E-state index in [2.05, 4.69) is 0 Å². The van der Waals surface area contributed by atoms with E-state index in [4.69, 9.17) is 14.5 Å². The third-order valence-corrected chi connectivity index (χ3v) is 6.49. The van der Waals surface area contributed by atoms with Crippen LogP contribution in [-0.2, 0) is 14.3 Å². The quantitative estimate of drug-likeness (QED) is 0.427. The smallest absolute Gasteiger partial charge is 0.413 e. The van der Waals surface area contributed by atoms with Crippen molar-refractivity contribution in [3.05, 3.63) is 71.8 Å². The van der Waals surface area contributed by atoms with Gasteiger partial charge in [0.05, 0.1) is 23.9 Å². The summed E-state index contributed by atoms with van der Waals surface area (Å²) in [6.45, 7) is 15.4. The number of aliphatic imine (C=N–C) groups is 1. The molecule has 1 amide bonds. The molecule has 0 radical (unpaired) electrons. The molecule has 36 heavy (non-hydrogen) atoms. The summed E-state index contributed by atoms with van der Waals surface area (Å²) < 4.78 is 11.9. The summed E-state index contributed by atoms with van der Waals surface area (Å²) in [6.07, 6.45) is -1.09. The minimum atomic E-state index is -1.04. The van der Waals surface area contributed by atoms with E-state index in [1.165, 1.54) is 0 Å². The molecule has 0 N–H and O–H groups in total. The predicted molar refractivity (Wildman–Crippen MR) is 143 cm³/mol. The highest BCUT2D eigenvalue weighted by molar-refractivity contribution is 6.13. The number of ether oxygens (including phenoxy) is 2. The molecule has 0 bridgehead atoms. The van der Waals surface area contributed by atoms with Crippen molar-refractivity contribution in [2.75, 3.05) is 6.61 Å². The number of amides is 1. The molecule has 0 saturated carbocycles. The van der Waals surface area contributed by atoms with Crippen molar-refractivity contribution in [1.82, 2.24) is 4.90 Å². The summed E-state index contributed by atoms with van der Waals surface area (Å²) in [5.74, 6) is -0.164. The van der Waals surface area contributed by atoms with Crippen molar-refractivity contribution in [3.8, 4) is 0 Å². The zero-order chi connectivity index (χ0) is 26.7. The van der Waals surface area contributed by atoms with Gasteiger partial charge in [0, 0.05) is 16.5 Å². The van der Waals surface area contributed by atoms with E-state index in [-0.39, 0.29) is 5.78 Å². The fourth-order valence-corrected chi connectivity index (χ4v) is 4.62. The second-order valence-electron chi connectivity index (χ2n) is 11.5. The molecule has 1 aliphatic heterocycles. The number of hydrogen-bond donors (Lipinski definition) is 0. The van der Waals surface area contributed by atoms with Gasteiger partial charge in [-0.2, -0.15) is 0 Å². The Bertz CT molecular complexity index is 1030. The van der Waals surface area contributed by atoms with Gasteiger partial charge in [-0.05, 0) is 34.1 Å². The van der Waals surface area contributed by atoms with E-state index in [0.29, 0.717) is 13.0 Å². The minimum Gasteiger partial charge on any atom is -0.436 e. The largest absolute Gasteiger partial charge is 0.436 e. The van der Waals surface area contributed by atoms with Crippen molar-refractivity contribution in [1.29, 1.82) is 0 Å². The molecular formula is C30H40N2O4. The van der Waals surface area contributed by atoms with Gasteiger partial charge in [-0.25, -0.2) is 4.79 Å². The van der Waals surface area contributed by atoms with Gasteiger partial charge >= 0.3 is 6.09 Å². The molecule has 3 rings (SSSR count). The Hall–Kier alpha value is -2.99. The molecular weight excluding hydrogens is 452 g/mol. The second kappa shape index (κ2) is 10.6. The zero-order valence-electron chi connectivity index (χ0n) is 22.9. The number of benzene rings is 2. The Balaban J connectivity index is 2.07. The van der Waals surface area contributed by atoms with E-state index in [9.17, 15) is 9.59 Å². The SMILES string of the molecule is CC[C@@H](N=C(c1ccccc1)c1ccccc1)[C@H](OC(=O)N1C(C)(C)COC1(C)C)C(=O)C(C)(C)C. The Morgan fingerprint density at radius 3 is 1.86 bits per heavy atom. The first kappa shape index (κ1) is 27.6. The number of ketones is 1. The van der Waals surface area contributed by atoms with Crippen molar-refractivity contribution < 1.29 is 19.1 Å². The lowest BCUT2D eigenvalue weighted by Crippen LogP contribution is -2.55. The molecule has 0 aromatic heterocycles. The molecule has 1 heterocycles. The van der Waals surface area contributed by atoms with Crippen molar-refractivity contribution in [2.24, 2.45) is 10.4 Å². The van der Waals surface area contributed by atoms with Crippen LogP contribution >= 0.6 is 0 Å². The standard InChI is InChI=1S/C30H40N2O4/c1-9-23(31-24(21-16-12-10-13-17-21)22-18-14-11-15-19-22)25(26(33)28(2,3)4)36-27(34)32-29(5,6)20-35-30(32,7)8/h10-19,23,25H,9,20H2,1-8H3/t23-,25+/m1/s1. The van der Waals surface area contributed by atoms with Crippen LogP contribution in [0.15, 0.2) is 65.7 Å². The van der Waals surface area contributed by atoms with Crippen LogP contribution in [0.4, 0.5) is 4.79 Å². The summed E-state index contributed by atoms with van der Waals surface area (Å²) in [5.41, 5.74) is 0.493. The lowest BCUT2D eigenvalue weighted by molar-refractivity contribution is -0.138. The molecule has 1 aliphatic rings. The lowest BCUT2D eigenvalue weighted by Gasteiger charge is -2.38. The normalized spacial score (nSPS) is 18.3. The molecule has 0 unspecified atom stereocenters. The minimum absolute atomic E-state index is 0.164. The molecule has 0 aliphatic carbocycles. The number of carbonyl (C=O) groups excluding carboxylic acids is 2. The summed E-state index contributed by atoms with van der Waals surface area (Å²) in [6, 6.07) is 19.2. The van der Waals surface area contributed by atoms with Gasteiger partial charge in [0.1, 0.15) is 5.72 Å². The van der Waals surface area contributed by atoms with E-state index in [0.717, 1.165) is 16.8 Å². The van der Waals surface area contributed by atoms with Gasteiger partial charge in [0.2, 0.25) is 0 Å². The van der Waals surface area contributed by atoms with Crippen LogP contribution in [-0.4, -0.2) is 52.5 Å². The molecule has 2 aromatic rings. The molecule has 6 nitrogen and oxygen atoms in total. The summed E-state index contributed by atoms with van der Waals surface area (Å²) in [4.78, 5) is 34.0. The van der Waals surface area contributed by atoms with E-state index in [1.807, 2.05) is 116 Å². The topological polar surface area (TPSA) is 68.2 Å². The maximum absolute atomic E-state index is 13.7. The van der Waals surface area contributed by atoms with Crippen LogP contribution in [0, 0.1) is 5.41 Å². The Morgan fingerprint density at radius 2 is 1.47 bits per heavy atom. The van der Waals surface area contributed by atoms with Crippen LogP contribution in [0.1, 0.15) is 72.9 Å². The summed E-state index contributed by atoms with van der Waals surface area (Å²) in [5, 5.41) is 0. The highest BCUT2D eigenvalue weighted by Crippen LogP contribution is 2.36. The van der Waals surface area contributed by atoms with Crippen LogP contribution in [0.3, 0.4) is 0 Å². The molecule has 0 spiro atoms. The lowest BCUT2D eigenvalue weighted by atomic mass is 9.84. The number of Topliss-reactive ketones (excluding diaryl/α,β-unsaturated/α-hetero) is 1. The molecule has 2 aromatic carbocycles. The van der Waals surface area contributed by atoms with Gasteiger partial charge in [-0.15, -0.1) is 0 Å². The van der Waals surface area contributed by atoms with Crippen molar-refractivity contribution in [2.45, 2.75) is 85.2 Å². The first-order chi connectivity index (χ1) is 16.8. The third kappa shape index (κ3) is 6.04. The zero-order valence-corrected chi connectivity index (χ0v) is 22.9. The van der Waals surface area contributed by atoms with Gasteiger partial charge in [-0.1, -0.05) is 88.4 Å². The Kier molecular flexibility index (Phi) is 8.09. The van der Waals surface area contributed by atoms with Gasteiger partial charge in [0.25, 0.3) is 0 Å². The average Bonchev–Trinajstić information content (AvgIpc) is 3.05. The van der Waals surface area contributed by atoms with Crippen LogP contribution in [0.2, 0.25) is 0 Å². The Labute approximate surface area is 215 Å². The van der Waals surface area contributed by atoms with E-state index >= 15 is 0 Å². The van der Waals surface area contributed by atoms with Gasteiger partial charge in [0.15, 0.2) is 11.9 Å². The van der Waals surface area contributed by atoms with Crippen molar-refractivity contribution in [3.63, 3.8) is 0 Å². The fraction of sp³-hybridized carbons (Fsp3) is 0.500. The van der Waals surface area contributed by atoms with Crippen LogP contribution in [0.25, 0.3) is 0 Å². The number of nitrogens with zero attached hydrogens (tertiary/aromatic N) is 2.